The summed E-state index contributed by atoms with van der Waals surface area (Å²) >= 11 is 12.1. The van der Waals surface area contributed by atoms with Crippen molar-refractivity contribution in [2.75, 3.05) is 5.32 Å². The Morgan fingerprint density at radius 1 is 1.03 bits per heavy atom. The third kappa shape index (κ3) is 6.01. The molecule has 0 saturated heterocycles. The highest BCUT2D eigenvalue weighted by atomic mass is 35.5. The summed E-state index contributed by atoms with van der Waals surface area (Å²) in [4.78, 5) is 24.7. The van der Waals surface area contributed by atoms with Gasteiger partial charge < -0.3 is 10.4 Å². The minimum atomic E-state index is -4.61. The maximum atomic E-state index is 13.6. The van der Waals surface area contributed by atoms with Crippen LogP contribution in [0.4, 0.5) is 18.9 Å². The maximum Gasteiger partial charge on any atom is 0.392 e. The number of aliphatic carboxylic acids is 1. The zero-order valence-electron chi connectivity index (χ0n) is 18.0. The van der Waals surface area contributed by atoms with Crippen molar-refractivity contribution in [1.82, 2.24) is 0 Å². The summed E-state index contributed by atoms with van der Waals surface area (Å²) in [7, 11) is 0. The van der Waals surface area contributed by atoms with E-state index in [1.807, 2.05) is 0 Å². The Bertz CT molecular complexity index is 1020. The van der Waals surface area contributed by atoms with Crippen molar-refractivity contribution in [2.24, 2.45) is 17.8 Å². The highest BCUT2D eigenvalue weighted by Gasteiger charge is 2.45. The molecule has 0 heterocycles. The molecule has 1 aliphatic rings. The Labute approximate surface area is 200 Å². The predicted molar refractivity (Wildman–Crippen MR) is 122 cm³/mol. The number of halogens is 5. The first kappa shape index (κ1) is 25.4. The molecular weight excluding hydrogens is 478 g/mol. The van der Waals surface area contributed by atoms with Gasteiger partial charge in [-0.05, 0) is 60.1 Å². The fourth-order valence-electron chi connectivity index (χ4n) is 4.16. The van der Waals surface area contributed by atoms with Gasteiger partial charge in [0.2, 0.25) is 5.91 Å². The van der Waals surface area contributed by atoms with Crippen LogP contribution in [-0.2, 0) is 9.59 Å². The number of rotatable bonds is 8. The monoisotopic (exact) mass is 501 g/mol. The van der Waals surface area contributed by atoms with Crippen LogP contribution in [0.3, 0.4) is 0 Å². The van der Waals surface area contributed by atoms with Crippen LogP contribution < -0.4 is 5.32 Å². The molecule has 0 spiro atoms. The van der Waals surface area contributed by atoms with Crippen molar-refractivity contribution in [1.29, 1.82) is 0 Å². The van der Waals surface area contributed by atoms with Crippen LogP contribution in [0, 0.1) is 17.8 Å². The van der Waals surface area contributed by atoms with Gasteiger partial charge in [-0.2, -0.15) is 13.2 Å². The van der Waals surface area contributed by atoms with E-state index in [1.54, 1.807) is 19.1 Å². The van der Waals surface area contributed by atoms with Crippen molar-refractivity contribution >= 4 is 40.8 Å². The molecule has 0 bridgehead atoms. The van der Waals surface area contributed by atoms with E-state index in [0.29, 0.717) is 10.6 Å². The summed E-state index contributed by atoms with van der Waals surface area (Å²) in [5.74, 6) is -6.03. The Balaban J connectivity index is 1.94. The molecule has 4 atom stereocenters. The second-order valence-corrected chi connectivity index (χ2v) is 9.42. The Morgan fingerprint density at radius 2 is 1.61 bits per heavy atom. The van der Waals surface area contributed by atoms with Gasteiger partial charge in [-0.1, -0.05) is 55.2 Å². The predicted octanol–water partition coefficient (Wildman–Crippen LogP) is 7.13. The van der Waals surface area contributed by atoms with Crippen LogP contribution in [0.1, 0.15) is 49.7 Å². The first-order chi connectivity index (χ1) is 15.4. The van der Waals surface area contributed by atoms with E-state index >= 15 is 0 Å². The van der Waals surface area contributed by atoms with Gasteiger partial charge in [-0.15, -0.1) is 0 Å². The minimum Gasteiger partial charge on any atom is -0.481 e. The van der Waals surface area contributed by atoms with E-state index < -0.39 is 35.8 Å². The lowest BCUT2D eigenvalue weighted by molar-refractivity contribution is -0.178. The summed E-state index contributed by atoms with van der Waals surface area (Å²) < 4.78 is 40.8. The fraction of sp³-hybridized carbons (Fsp3) is 0.417. The number of amides is 1. The zero-order chi connectivity index (χ0) is 24.5. The van der Waals surface area contributed by atoms with Crippen molar-refractivity contribution in [3.05, 3.63) is 63.6 Å². The molecule has 9 heteroatoms. The SMILES string of the molecule is CC(C(=O)O)C(c1ccc(Cl)c(NC(=O)C(c2ccc(Cl)cc2)[C@@H](C)C(F)(F)F)c1)C1CC1. The van der Waals surface area contributed by atoms with E-state index in [4.69, 9.17) is 23.2 Å². The molecule has 3 rings (SSSR count). The summed E-state index contributed by atoms with van der Waals surface area (Å²) in [5.41, 5.74) is 0.999. The Morgan fingerprint density at radius 3 is 2.12 bits per heavy atom. The van der Waals surface area contributed by atoms with Crippen LogP contribution in [0.2, 0.25) is 10.0 Å². The topological polar surface area (TPSA) is 66.4 Å². The summed E-state index contributed by atoms with van der Waals surface area (Å²) in [6.45, 7) is 2.58. The quantitative estimate of drug-likeness (QED) is 0.404. The zero-order valence-corrected chi connectivity index (χ0v) is 19.5. The first-order valence-corrected chi connectivity index (χ1v) is 11.3. The van der Waals surface area contributed by atoms with E-state index in [1.165, 1.54) is 30.3 Å². The molecule has 2 N–H and O–H groups in total. The van der Waals surface area contributed by atoms with Crippen LogP contribution in [0.15, 0.2) is 42.5 Å². The van der Waals surface area contributed by atoms with Gasteiger partial charge in [0, 0.05) is 5.02 Å². The number of hydrogen-bond donors (Lipinski definition) is 2. The van der Waals surface area contributed by atoms with Crippen LogP contribution in [-0.4, -0.2) is 23.2 Å². The molecule has 2 aromatic rings. The molecule has 0 radical (unpaired) electrons. The number of nitrogens with one attached hydrogen (secondary N) is 1. The van der Waals surface area contributed by atoms with Gasteiger partial charge in [-0.25, -0.2) is 0 Å². The number of carboxylic acid groups (broad SMARTS) is 1. The lowest BCUT2D eigenvalue weighted by Crippen LogP contribution is -2.34. The van der Waals surface area contributed by atoms with Gasteiger partial charge in [0.15, 0.2) is 0 Å². The fourth-order valence-corrected chi connectivity index (χ4v) is 4.45. The normalized spacial score (nSPS) is 17.7. The lowest BCUT2D eigenvalue weighted by Gasteiger charge is -2.26. The summed E-state index contributed by atoms with van der Waals surface area (Å²) in [6.07, 6.45) is -2.82. The molecule has 1 amide bonds. The number of carbonyl (C=O) groups is 2. The third-order valence-electron chi connectivity index (χ3n) is 6.22. The molecule has 1 aliphatic carbocycles. The Kier molecular flexibility index (Phi) is 7.64. The van der Waals surface area contributed by atoms with Gasteiger partial charge >= 0.3 is 12.1 Å². The number of hydrogen-bond acceptors (Lipinski definition) is 2. The smallest absolute Gasteiger partial charge is 0.392 e. The molecule has 0 aromatic heterocycles. The average molecular weight is 502 g/mol. The van der Waals surface area contributed by atoms with Crippen LogP contribution in [0.5, 0.6) is 0 Å². The van der Waals surface area contributed by atoms with Crippen molar-refractivity contribution < 1.29 is 27.9 Å². The van der Waals surface area contributed by atoms with E-state index in [9.17, 15) is 27.9 Å². The van der Waals surface area contributed by atoms with Crippen LogP contribution >= 0.6 is 23.2 Å². The molecule has 33 heavy (non-hydrogen) atoms. The summed E-state index contributed by atoms with van der Waals surface area (Å²) in [6, 6.07) is 10.5. The van der Waals surface area contributed by atoms with E-state index in [-0.39, 0.29) is 28.1 Å². The third-order valence-corrected chi connectivity index (χ3v) is 6.80. The maximum absolute atomic E-state index is 13.6. The molecule has 3 unspecified atom stereocenters. The molecular formula is C24H24Cl2F3NO3. The summed E-state index contributed by atoms with van der Waals surface area (Å²) in [5, 5.41) is 12.5. The highest BCUT2D eigenvalue weighted by molar-refractivity contribution is 6.33. The molecule has 0 aliphatic heterocycles. The van der Waals surface area contributed by atoms with Gasteiger partial charge in [-0.3, -0.25) is 9.59 Å². The van der Waals surface area contributed by atoms with Crippen molar-refractivity contribution in [3.63, 3.8) is 0 Å². The molecule has 2 aromatic carbocycles. The molecule has 4 nitrogen and oxygen atoms in total. The first-order valence-electron chi connectivity index (χ1n) is 10.6. The van der Waals surface area contributed by atoms with Crippen molar-refractivity contribution in [3.8, 4) is 0 Å². The van der Waals surface area contributed by atoms with Gasteiger partial charge in [0.05, 0.1) is 28.5 Å². The molecule has 1 saturated carbocycles. The number of benzene rings is 2. The molecule has 1 fully saturated rings. The second kappa shape index (κ2) is 9.94. The number of alkyl halides is 3. The Hall–Kier alpha value is -2.25. The number of carbonyl (C=O) groups excluding carboxylic acids is 1. The molecule has 178 valence electrons. The van der Waals surface area contributed by atoms with Crippen molar-refractivity contribution in [2.45, 2.75) is 44.7 Å². The van der Waals surface area contributed by atoms with E-state index in [0.717, 1.165) is 19.8 Å². The van der Waals surface area contributed by atoms with Crippen LogP contribution in [0.25, 0.3) is 0 Å². The van der Waals surface area contributed by atoms with Gasteiger partial charge in [0.1, 0.15) is 0 Å². The van der Waals surface area contributed by atoms with Gasteiger partial charge in [0.25, 0.3) is 0 Å². The highest BCUT2D eigenvalue weighted by Crippen LogP contribution is 2.48. The average Bonchev–Trinajstić information content (AvgIpc) is 3.56. The number of carboxylic acids is 1. The number of anilines is 1. The standard InChI is InChI=1S/C24H24Cl2F3NO3/c1-12(23(32)33)20(14-3-4-14)16-7-10-18(26)19(11-16)30-22(31)21(13(2)24(27,28)29)15-5-8-17(25)9-6-15/h5-14,20-21H,3-4H2,1-2H3,(H,30,31)(H,32,33)/t12?,13-,20?,21?/m1/s1. The largest absolute Gasteiger partial charge is 0.481 e. The van der Waals surface area contributed by atoms with E-state index in [2.05, 4.69) is 5.32 Å². The second-order valence-electron chi connectivity index (χ2n) is 8.58. The minimum absolute atomic E-state index is 0.149. The lowest BCUT2D eigenvalue weighted by atomic mass is 9.83.